The third kappa shape index (κ3) is 4.87. The fourth-order valence-electron chi connectivity index (χ4n) is 2.08. The molecule has 0 aromatic carbocycles. The summed E-state index contributed by atoms with van der Waals surface area (Å²) in [7, 11) is 0. The van der Waals surface area contributed by atoms with E-state index in [9.17, 15) is 9.59 Å². The Hall–Kier alpha value is -1.86. The molecule has 2 N–H and O–H groups in total. The van der Waals surface area contributed by atoms with E-state index in [0.717, 1.165) is 5.76 Å². The Balaban J connectivity index is 1.52. The van der Waals surface area contributed by atoms with E-state index >= 15 is 0 Å². The molecule has 21 heavy (non-hydrogen) atoms. The van der Waals surface area contributed by atoms with Gasteiger partial charge in [-0.3, -0.25) is 4.79 Å². The van der Waals surface area contributed by atoms with Crippen LogP contribution >= 0.6 is 0 Å². The molecule has 1 fully saturated rings. The van der Waals surface area contributed by atoms with Crippen LogP contribution in [-0.4, -0.2) is 42.3 Å². The van der Waals surface area contributed by atoms with Crippen molar-refractivity contribution in [2.24, 2.45) is 0 Å². The highest BCUT2D eigenvalue weighted by Crippen LogP contribution is 2.19. The van der Waals surface area contributed by atoms with Gasteiger partial charge in [-0.15, -0.1) is 0 Å². The number of aliphatic carboxylic acids is 1. The molecule has 1 aromatic rings. The molecule has 1 saturated heterocycles. The maximum Gasteiger partial charge on any atom is 0.332 e. The van der Waals surface area contributed by atoms with Crippen molar-refractivity contribution in [3.63, 3.8) is 0 Å². The van der Waals surface area contributed by atoms with Crippen LogP contribution in [0.15, 0.2) is 22.8 Å². The van der Waals surface area contributed by atoms with Crippen LogP contribution in [0.1, 0.15) is 25.0 Å². The van der Waals surface area contributed by atoms with Crippen LogP contribution in [0.3, 0.4) is 0 Å². The lowest BCUT2D eigenvalue weighted by molar-refractivity contribution is -0.151. The molecule has 2 atom stereocenters. The number of nitrogens with one attached hydrogen (secondary N) is 1. The molecule has 1 aliphatic rings. The van der Waals surface area contributed by atoms with E-state index in [0.29, 0.717) is 39.0 Å². The van der Waals surface area contributed by atoms with Crippen molar-refractivity contribution in [1.82, 2.24) is 5.32 Å². The Labute approximate surface area is 122 Å². The number of furan rings is 1. The molecule has 1 aromatic heterocycles. The van der Waals surface area contributed by atoms with Crippen molar-refractivity contribution in [1.29, 1.82) is 0 Å². The number of carbonyl (C=O) groups is 2. The minimum atomic E-state index is -1.02. The van der Waals surface area contributed by atoms with Gasteiger partial charge >= 0.3 is 5.97 Å². The smallest absolute Gasteiger partial charge is 0.332 e. The Bertz CT molecular complexity index is 458. The van der Waals surface area contributed by atoms with Gasteiger partial charge in [-0.25, -0.2) is 4.79 Å². The minimum absolute atomic E-state index is 0.259. The van der Waals surface area contributed by atoms with Gasteiger partial charge in [-0.2, -0.15) is 0 Å². The molecule has 0 unspecified atom stereocenters. The summed E-state index contributed by atoms with van der Waals surface area (Å²) in [5.74, 6) is -0.514. The first-order valence-electron chi connectivity index (χ1n) is 6.93. The second-order valence-corrected chi connectivity index (χ2v) is 4.81. The zero-order valence-corrected chi connectivity index (χ0v) is 11.6. The average molecular weight is 297 g/mol. The molecule has 7 nitrogen and oxygen atoms in total. The van der Waals surface area contributed by atoms with Crippen LogP contribution in [0.5, 0.6) is 0 Å². The SMILES string of the molecule is O=C(NCCCOCc1ccco1)[C@@H]1CC[C@H](C(=O)O)O1. The first kappa shape index (κ1) is 15.5. The third-order valence-corrected chi connectivity index (χ3v) is 3.18. The van der Waals surface area contributed by atoms with Crippen LogP contribution in [0.25, 0.3) is 0 Å². The Morgan fingerprint density at radius 1 is 1.38 bits per heavy atom. The van der Waals surface area contributed by atoms with E-state index in [2.05, 4.69) is 5.32 Å². The number of rotatable bonds is 8. The average Bonchev–Trinajstić information content (AvgIpc) is 3.13. The maximum atomic E-state index is 11.7. The number of ether oxygens (including phenoxy) is 2. The van der Waals surface area contributed by atoms with Crippen molar-refractivity contribution in [3.8, 4) is 0 Å². The normalized spacial score (nSPS) is 21.3. The number of carboxylic acids is 1. The standard InChI is InChI=1S/C14H19NO6/c16-13(11-4-5-12(21-11)14(17)18)15-6-2-7-19-9-10-3-1-8-20-10/h1,3,8,11-12H,2,4-7,9H2,(H,15,16)(H,17,18)/t11-,12+/m0/s1. The molecule has 0 spiro atoms. The second-order valence-electron chi connectivity index (χ2n) is 4.81. The molecule has 1 aliphatic heterocycles. The molecule has 2 rings (SSSR count). The van der Waals surface area contributed by atoms with Gasteiger partial charge in [0, 0.05) is 13.2 Å². The zero-order chi connectivity index (χ0) is 15.1. The first-order valence-corrected chi connectivity index (χ1v) is 6.93. The monoisotopic (exact) mass is 297 g/mol. The van der Waals surface area contributed by atoms with Gasteiger partial charge in [-0.05, 0) is 31.4 Å². The molecule has 0 radical (unpaired) electrons. The fourth-order valence-corrected chi connectivity index (χ4v) is 2.08. The molecule has 0 saturated carbocycles. The van der Waals surface area contributed by atoms with E-state index in [-0.39, 0.29) is 5.91 Å². The molecular formula is C14H19NO6. The summed E-state index contributed by atoms with van der Waals surface area (Å²) in [5, 5.41) is 11.5. The predicted molar refractivity (Wildman–Crippen MR) is 71.5 cm³/mol. The van der Waals surface area contributed by atoms with Crippen molar-refractivity contribution < 1.29 is 28.6 Å². The van der Waals surface area contributed by atoms with E-state index in [4.69, 9.17) is 19.0 Å². The molecule has 7 heteroatoms. The van der Waals surface area contributed by atoms with Crippen molar-refractivity contribution in [2.45, 2.75) is 38.1 Å². The highest BCUT2D eigenvalue weighted by Gasteiger charge is 2.34. The van der Waals surface area contributed by atoms with Crippen molar-refractivity contribution in [2.75, 3.05) is 13.2 Å². The van der Waals surface area contributed by atoms with E-state index in [1.54, 1.807) is 12.3 Å². The van der Waals surface area contributed by atoms with Crippen LogP contribution < -0.4 is 5.32 Å². The fraction of sp³-hybridized carbons (Fsp3) is 0.571. The zero-order valence-electron chi connectivity index (χ0n) is 11.6. The second kappa shape index (κ2) is 7.80. The summed E-state index contributed by atoms with van der Waals surface area (Å²) in [5.41, 5.74) is 0. The highest BCUT2D eigenvalue weighted by molar-refractivity contribution is 5.82. The summed E-state index contributed by atoms with van der Waals surface area (Å²) in [6.45, 7) is 1.38. The maximum absolute atomic E-state index is 11.7. The first-order chi connectivity index (χ1) is 10.2. The summed E-state index contributed by atoms with van der Waals surface area (Å²) < 4.78 is 15.7. The third-order valence-electron chi connectivity index (χ3n) is 3.18. The van der Waals surface area contributed by atoms with Gasteiger partial charge < -0.3 is 24.3 Å². The van der Waals surface area contributed by atoms with Gasteiger partial charge in [0.25, 0.3) is 0 Å². The minimum Gasteiger partial charge on any atom is -0.479 e. The Kier molecular flexibility index (Phi) is 5.77. The number of hydrogen-bond donors (Lipinski definition) is 2. The summed E-state index contributed by atoms with van der Waals surface area (Å²) in [4.78, 5) is 22.5. The summed E-state index contributed by atoms with van der Waals surface area (Å²) in [6.07, 6.45) is 1.55. The van der Waals surface area contributed by atoms with Gasteiger partial charge in [0.05, 0.1) is 6.26 Å². The van der Waals surface area contributed by atoms with E-state index in [1.807, 2.05) is 6.07 Å². The Morgan fingerprint density at radius 2 is 2.19 bits per heavy atom. The largest absolute Gasteiger partial charge is 0.479 e. The molecule has 0 bridgehead atoms. The van der Waals surface area contributed by atoms with Crippen molar-refractivity contribution in [3.05, 3.63) is 24.2 Å². The van der Waals surface area contributed by atoms with Gasteiger partial charge in [-0.1, -0.05) is 0 Å². The van der Waals surface area contributed by atoms with Gasteiger partial charge in [0.2, 0.25) is 5.91 Å². The molecular weight excluding hydrogens is 278 g/mol. The van der Waals surface area contributed by atoms with E-state index < -0.39 is 18.2 Å². The van der Waals surface area contributed by atoms with Gasteiger partial charge in [0.1, 0.15) is 18.5 Å². The predicted octanol–water partition coefficient (Wildman–Crippen LogP) is 0.935. The molecule has 116 valence electrons. The van der Waals surface area contributed by atoms with Crippen LogP contribution in [0.4, 0.5) is 0 Å². The quantitative estimate of drug-likeness (QED) is 0.693. The number of carboxylic acid groups (broad SMARTS) is 1. The summed E-state index contributed by atoms with van der Waals surface area (Å²) >= 11 is 0. The van der Waals surface area contributed by atoms with Crippen LogP contribution in [-0.2, 0) is 25.7 Å². The lowest BCUT2D eigenvalue weighted by Gasteiger charge is -2.11. The lowest BCUT2D eigenvalue weighted by atomic mass is 10.2. The van der Waals surface area contributed by atoms with Gasteiger partial charge in [0.15, 0.2) is 6.10 Å². The van der Waals surface area contributed by atoms with Crippen molar-refractivity contribution >= 4 is 11.9 Å². The number of amides is 1. The van der Waals surface area contributed by atoms with E-state index in [1.165, 1.54) is 0 Å². The number of carbonyl (C=O) groups excluding carboxylic acids is 1. The topological polar surface area (TPSA) is 98.0 Å². The Morgan fingerprint density at radius 3 is 2.86 bits per heavy atom. The molecule has 1 amide bonds. The molecule has 2 heterocycles. The van der Waals surface area contributed by atoms with Crippen LogP contribution in [0, 0.1) is 0 Å². The highest BCUT2D eigenvalue weighted by atomic mass is 16.5. The lowest BCUT2D eigenvalue weighted by Crippen LogP contribution is -2.36. The summed E-state index contributed by atoms with van der Waals surface area (Å²) in [6, 6.07) is 3.63. The number of hydrogen-bond acceptors (Lipinski definition) is 5. The molecule has 0 aliphatic carbocycles. The van der Waals surface area contributed by atoms with Crippen LogP contribution in [0.2, 0.25) is 0 Å².